The Bertz CT molecular complexity index is 1180. The van der Waals surface area contributed by atoms with Crippen molar-refractivity contribution < 1.29 is 19.0 Å². The molecule has 0 radical (unpaired) electrons. The maximum absolute atomic E-state index is 12.1. The van der Waals surface area contributed by atoms with Crippen molar-refractivity contribution in [2.75, 3.05) is 51.9 Å². The molecule has 3 aromatic rings. The molecule has 1 fully saturated rings. The molecule has 0 saturated carbocycles. The number of anilines is 2. The zero-order valence-electron chi connectivity index (χ0n) is 20.7. The second-order valence-electron chi connectivity index (χ2n) is 9.49. The van der Waals surface area contributed by atoms with Gasteiger partial charge in [0.05, 0.1) is 38.1 Å². The van der Waals surface area contributed by atoms with Crippen LogP contribution in [0.3, 0.4) is 0 Å². The fourth-order valence-corrected chi connectivity index (χ4v) is 4.92. The molecule has 10 heteroatoms. The van der Waals surface area contributed by atoms with Gasteiger partial charge in [-0.05, 0) is 24.0 Å². The number of primary amides is 1. The molecule has 188 valence electrons. The molecule has 1 aliphatic heterocycles. The summed E-state index contributed by atoms with van der Waals surface area (Å²) in [5, 5.41) is 4.07. The first kappa shape index (κ1) is 25.2. The minimum atomic E-state index is -0.475. The van der Waals surface area contributed by atoms with E-state index >= 15 is 0 Å². The summed E-state index contributed by atoms with van der Waals surface area (Å²) in [7, 11) is 1.61. The first-order valence-corrected chi connectivity index (χ1v) is 12.5. The molecule has 3 N–H and O–H groups in total. The standard InChI is InChI=1S/C25H33N5O4S/c1-25(2,3)21-14-18(22(35-21)23(26)31)29-24-16-12-20(19(32-4)13-17(16)27-15-28-24)34-9-5-6-30-7-10-33-11-8-30/h12-15H,5-11H2,1-4H3,(H2,26,31)(H,27,28,29). The van der Waals surface area contributed by atoms with E-state index < -0.39 is 5.91 Å². The molecule has 0 spiro atoms. The number of aromatic nitrogens is 2. The Labute approximate surface area is 209 Å². The van der Waals surface area contributed by atoms with Gasteiger partial charge in [-0.15, -0.1) is 11.3 Å². The number of carbonyl (C=O) groups is 1. The SMILES string of the molecule is COc1cc2ncnc(Nc3cc(C(C)(C)C)sc3C(N)=O)c2cc1OCCCN1CCOCC1. The topological polar surface area (TPSA) is 112 Å². The molecule has 35 heavy (non-hydrogen) atoms. The van der Waals surface area contributed by atoms with Crippen LogP contribution in [0.1, 0.15) is 41.7 Å². The van der Waals surface area contributed by atoms with Crippen molar-refractivity contribution in [2.45, 2.75) is 32.6 Å². The number of morpholine rings is 1. The van der Waals surface area contributed by atoms with E-state index in [4.69, 9.17) is 19.9 Å². The van der Waals surface area contributed by atoms with E-state index in [0.717, 1.165) is 49.5 Å². The van der Waals surface area contributed by atoms with E-state index in [9.17, 15) is 4.79 Å². The number of hydrogen-bond donors (Lipinski definition) is 2. The van der Waals surface area contributed by atoms with Crippen LogP contribution >= 0.6 is 11.3 Å². The highest BCUT2D eigenvalue weighted by Crippen LogP contribution is 2.39. The molecule has 0 unspecified atom stereocenters. The quantitative estimate of drug-likeness (QED) is 0.426. The van der Waals surface area contributed by atoms with Gasteiger partial charge in [-0.25, -0.2) is 9.97 Å². The van der Waals surface area contributed by atoms with E-state index in [1.807, 2.05) is 18.2 Å². The van der Waals surface area contributed by atoms with Crippen LogP contribution in [-0.4, -0.2) is 67.3 Å². The van der Waals surface area contributed by atoms with Crippen molar-refractivity contribution in [1.29, 1.82) is 0 Å². The lowest BCUT2D eigenvalue weighted by molar-refractivity contribution is 0.0357. The third-order valence-corrected chi connectivity index (χ3v) is 7.42. The number of amides is 1. The van der Waals surface area contributed by atoms with Crippen molar-refractivity contribution in [3.05, 3.63) is 34.3 Å². The average molecular weight is 500 g/mol. The van der Waals surface area contributed by atoms with Crippen LogP contribution in [-0.2, 0) is 10.2 Å². The van der Waals surface area contributed by atoms with E-state index in [-0.39, 0.29) is 5.41 Å². The van der Waals surface area contributed by atoms with Crippen molar-refractivity contribution in [3.8, 4) is 11.5 Å². The molecule has 0 aliphatic carbocycles. The largest absolute Gasteiger partial charge is 0.493 e. The van der Waals surface area contributed by atoms with Gasteiger partial charge in [0.25, 0.3) is 5.91 Å². The monoisotopic (exact) mass is 499 g/mol. The normalized spacial score (nSPS) is 14.7. The number of benzene rings is 1. The van der Waals surface area contributed by atoms with Gasteiger partial charge >= 0.3 is 0 Å². The van der Waals surface area contributed by atoms with Gasteiger partial charge in [0.1, 0.15) is 17.0 Å². The van der Waals surface area contributed by atoms with E-state index in [1.54, 1.807) is 7.11 Å². The number of fused-ring (bicyclic) bond motifs is 1. The number of ether oxygens (including phenoxy) is 3. The summed E-state index contributed by atoms with van der Waals surface area (Å²) in [5.74, 6) is 1.32. The Morgan fingerprint density at radius 2 is 1.97 bits per heavy atom. The maximum Gasteiger partial charge on any atom is 0.260 e. The summed E-state index contributed by atoms with van der Waals surface area (Å²) in [5.41, 5.74) is 6.90. The number of carbonyl (C=O) groups excluding carboxylic acids is 1. The lowest BCUT2D eigenvalue weighted by Crippen LogP contribution is -2.37. The highest BCUT2D eigenvalue weighted by atomic mass is 32.1. The first-order valence-electron chi connectivity index (χ1n) is 11.7. The Morgan fingerprint density at radius 1 is 1.20 bits per heavy atom. The molecule has 1 aliphatic rings. The molecule has 1 saturated heterocycles. The molecule has 0 atom stereocenters. The number of nitrogens with one attached hydrogen (secondary N) is 1. The lowest BCUT2D eigenvalue weighted by Gasteiger charge is -2.26. The number of hydrogen-bond acceptors (Lipinski definition) is 9. The zero-order chi connectivity index (χ0) is 25.0. The number of rotatable bonds is 9. The van der Waals surface area contributed by atoms with Gasteiger partial charge in [-0.2, -0.15) is 0 Å². The van der Waals surface area contributed by atoms with Crippen molar-refractivity contribution in [2.24, 2.45) is 5.73 Å². The average Bonchev–Trinajstić information content (AvgIpc) is 3.27. The summed E-state index contributed by atoms with van der Waals surface area (Å²) in [6.07, 6.45) is 2.37. The lowest BCUT2D eigenvalue weighted by atomic mass is 9.94. The molecular weight excluding hydrogens is 466 g/mol. The van der Waals surface area contributed by atoms with Crippen molar-refractivity contribution in [3.63, 3.8) is 0 Å². The van der Waals surface area contributed by atoms with Crippen LogP contribution in [0, 0.1) is 0 Å². The number of methoxy groups -OCH3 is 1. The molecule has 1 aromatic carbocycles. The van der Waals surface area contributed by atoms with Crippen LogP contribution in [0.5, 0.6) is 11.5 Å². The molecule has 3 heterocycles. The molecule has 1 amide bonds. The smallest absolute Gasteiger partial charge is 0.260 e. The van der Waals surface area contributed by atoms with Crippen LogP contribution in [0.2, 0.25) is 0 Å². The van der Waals surface area contributed by atoms with Crippen molar-refractivity contribution in [1.82, 2.24) is 14.9 Å². The van der Waals surface area contributed by atoms with Gasteiger partial charge in [0.15, 0.2) is 11.5 Å². The van der Waals surface area contributed by atoms with Crippen LogP contribution in [0.4, 0.5) is 11.5 Å². The summed E-state index contributed by atoms with van der Waals surface area (Å²) < 4.78 is 17.1. The number of nitrogens with two attached hydrogens (primary N) is 1. The van der Waals surface area contributed by atoms with Crippen LogP contribution in [0.15, 0.2) is 24.5 Å². The van der Waals surface area contributed by atoms with Crippen LogP contribution in [0.25, 0.3) is 10.9 Å². The minimum absolute atomic E-state index is 0.113. The molecule has 9 nitrogen and oxygen atoms in total. The minimum Gasteiger partial charge on any atom is -0.493 e. The molecule has 2 aromatic heterocycles. The molecule has 4 rings (SSSR count). The van der Waals surface area contributed by atoms with E-state index in [0.29, 0.717) is 40.0 Å². The fraction of sp³-hybridized carbons (Fsp3) is 0.480. The van der Waals surface area contributed by atoms with Gasteiger partial charge in [-0.1, -0.05) is 20.8 Å². The predicted octanol–water partition coefficient (Wildman–Crippen LogP) is 3.94. The number of thiophene rings is 1. The van der Waals surface area contributed by atoms with E-state index in [2.05, 4.69) is 41.0 Å². The zero-order valence-corrected chi connectivity index (χ0v) is 21.5. The maximum atomic E-state index is 12.1. The van der Waals surface area contributed by atoms with Gasteiger partial charge in [0, 0.05) is 36.0 Å². The summed E-state index contributed by atoms with van der Waals surface area (Å²) in [4.78, 5) is 24.9. The summed E-state index contributed by atoms with van der Waals surface area (Å²) >= 11 is 1.40. The third kappa shape index (κ3) is 6.01. The highest BCUT2D eigenvalue weighted by Gasteiger charge is 2.23. The third-order valence-electron chi connectivity index (χ3n) is 5.85. The van der Waals surface area contributed by atoms with Gasteiger partial charge in [0.2, 0.25) is 0 Å². The second kappa shape index (κ2) is 10.8. The Kier molecular flexibility index (Phi) is 7.73. The molecular formula is C25H33N5O4S. The van der Waals surface area contributed by atoms with Gasteiger partial charge in [-0.3, -0.25) is 9.69 Å². The Balaban J connectivity index is 1.57. The number of nitrogens with zero attached hydrogens (tertiary/aromatic N) is 3. The molecule has 0 bridgehead atoms. The fourth-order valence-electron chi connectivity index (χ4n) is 3.90. The van der Waals surface area contributed by atoms with Gasteiger partial charge < -0.3 is 25.3 Å². The van der Waals surface area contributed by atoms with E-state index in [1.165, 1.54) is 17.7 Å². The Hall–Kier alpha value is -2.95. The summed E-state index contributed by atoms with van der Waals surface area (Å²) in [6.45, 7) is 11.3. The van der Waals surface area contributed by atoms with Crippen molar-refractivity contribution >= 4 is 39.7 Å². The highest BCUT2D eigenvalue weighted by molar-refractivity contribution is 7.14. The Morgan fingerprint density at radius 3 is 2.66 bits per heavy atom. The predicted molar refractivity (Wildman–Crippen MR) is 138 cm³/mol. The first-order chi connectivity index (χ1) is 16.8. The van der Waals surface area contributed by atoms with Crippen LogP contribution < -0.4 is 20.5 Å². The summed E-state index contributed by atoms with van der Waals surface area (Å²) in [6, 6.07) is 5.68. The second-order valence-corrected chi connectivity index (χ2v) is 10.5.